The van der Waals surface area contributed by atoms with Gasteiger partial charge < -0.3 is 9.47 Å². The van der Waals surface area contributed by atoms with Crippen molar-refractivity contribution in [3.8, 4) is 11.5 Å². The maximum atomic E-state index is 5.66. The largest absolute Gasteiger partial charge is 0.496 e. The lowest BCUT2D eigenvalue weighted by Gasteiger charge is -2.21. The molecule has 1 aromatic rings. The number of hydrogen-bond donors (Lipinski definition) is 2. The van der Waals surface area contributed by atoms with Crippen molar-refractivity contribution in [2.24, 2.45) is 5.84 Å². The molecule has 4 nitrogen and oxygen atoms in total. The summed E-state index contributed by atoms with van der Waals surface area (Å²) in [5.74, 6) is 9.27. The van der Waals surface area contributed by atoms with Gasteiger partial charge in [-0.05, 0) is 24.3 Å². The number of nitrogens with one attached hydrogen (secondary N) is 1. The molecule has 0 amide bonds. The number of rotatable bonds is 8. The average Bonchev–Trinajstić information content (AvgIpc) is 2.43. The fraction of sp³-hybridized carbons (Fsp3) is 0.538. The second kappa shape index (κ2) is 8.24. The molecule has 0 fully saturated rings. The molecule has 0 saturated carbocycles. The number of methoxy groups -OCH3 is 2. The molecule has 0 saturated heterocycles. The number of nitrogens with two attached hydrogens (primary N) is 1. The van der Waals surface area contributed by atoms with Gasteiger partial charge in [-0.1, -0.05) is 13.0 Å². The number of thioether (sulfide) groups is 1. The number of benzene rings is 1. The van der Waals surface area contributed by atoms with Crippen LogP contribution >= 0.6 is 11.8 Å². The van der Waals surface area contributed by atoms with E-state index in [-0.39, 0.29) is 6.04 Å². The van der Waals surface area contributed by atoms with Gasteiger partial charge in [-0.15, -0.1) is 0 Å². The van der Waals surface area contributed by atoms with E-state index in [0.717, 1.165) is 35.0 Å². The zero-order valence-electron chi connectivity index (χ0n) is 11.2. The Morgan fingerprint density at radius 2 is 1.89 bits per heavy atom. The van der Waals surface area contributed by atoms with Gasteiger partial charge in [-0.2, -0.15) is 11.8 Å². The Morgan fingerprint density at radius 3 is 2.33 bits per heavy atom. The molecule has 5 heteroatoms. The summed E-state index contributed by atoms with van der Waals surface area (Å²) in [5.41, 5.74) is 3.83. The van der Waals surface area contributed by atoms with E-state index in [1.54, 1.807) is 14.2 Å². The summed E-state index contributed by atoms with van der Waals surface area (Å²) < 4.78 is 10.8. The molecule has 0 aromatic heterocycles. The highest BCUT2D eigenvalue weighted by atomic mass is 32.2. The summed E-state index contributed by atoms with van der Waals surface area (Å²) in [6.07, 6.45) is 1.16. The number of hydrogen-bond acceptors (Lipinski definition) is 5. The van der Waals surface area contributed by atoms with Crippen LogP contribution in [0.1, 0.15) is 24.9 Å². The van der Waals surface area contributed by atoms with Crippen LogP contribution in [0.2, 0.25) is 0 Å². The van der Waals surface area contributed by atoms with Gasteiger partial charge in [0, 0.05) is 5.75 Å². The second-order valence-corrected chi connectivity index (χ2v) is 5.02. The minimum atomic E-state index is 0.0210. The molecule has 0 spiro atoms. The highest BCUT2D eigenvalue weighted by Gasteiger charge is 2.19. The van der Waals surface area contributed by atoms with Gasteiger partial charge >= 0.3 is 0 Å². The molecule has 0 bridgehead atoms. The van der Waals surface area contributed by atoms with E-state index in [9.17, 15) is 0 Å². The van der Waals surface area contributed by atoms with E-state index in [1.165, 1.54) is 0 Å². The highest BCUT2D eigenvalue weighted by molar-refractivity contribution is 7.99. The lowest BCUT2D eigenvalue weighted by Crippen LogP contribution is -2.30. The molecule has 0 heterocycles. The quantitative estimate of drug-likeness (QED) is 0.431. The molecule has 18 heavy (non-hydrogen) atoms. The Hall–Kier alpha value is -0.910. The van der Waals surface area contributed by atoms with Crippen molar-refractivity contribution >= 4 is 11.8 Å². The molecule has 3 N–H and O–H groups in total. The normalized spacial score (nSPS) is 12.2. The third kappa shape index (κ3) is 3.80. The monoisotopic (exact) mass is 270 g/mol. The SMILES string of the molecule is CCCSCC(NN)c1c(OC)cccc1OC. The fourth-order valence-electron chi connectivity index (χ4n) is 1.78. The predicted octanol–water partition coefficient (Wildman–Crippen LogP) is 2.35. The third-order valence-corrected chi connectivity index (χ3v) is 3.91. The summed E-state index contributed by atoms with van der Waals surface area (Å²) in [5, 5.41) is 0. The first kappa shape index (κ1) is 15.1. The van der Waals surface area contributed by atoms with E-state index in [2.05, 4.69) is 12.3 Å². The molecule has 102 valence electrons. The Balaban J connectivity index is 2.94. The molecular weight excluding hydrogens is 248 g/mol. The van der Waals surface area contributed by atoms with Gasteiger partial charge in [-0.3, -0.25) is 11.3 Å². The first-order valence-corrected chi connectivity index (χ1v) is 7.18. The lowest BCUT2D eigenvalue weighted by atomic mass is 10.1. The molecule has 0 aliphatic carbocycles. The molecule has 0 radical (unpaired) electrons. The molecule has 1 aromatic carbocycles. The second-order valence-electron chi connectivity index (χ2n) is 3.87. The van der Waals surface area contributed by atoms with Gasteiger partial charge in [0.05, 0.1) is 25.8 Å². The molecular formula is C13H22N2O2S. The topological polar surface area (TPSA) is 56.5 Å². The van der Waals surface area contributed by atoms with E-state index >= 15 is 0 Å². The van der Waals surface area contributed by atoms with Gasteiger partial charge in [0.1, 0.15) is 11.5 Å². The highest BCUT2D eigenvalue weighted by Crippen LogP contribution is 2.35. The van der Waals surface area contributed by atoms with Crippen LogP contribution in [0.5, 0.6) is 11.5 Å². The van der Waals surface area contributed by atoms with Gasteiger partial charge in [0.2, 0.25) is 0 Å². The van der Waals surface area contributed by atoms with E-state index in [0.29, 0.717) is 0 Å². The van der Waals surface area contributed by atoms with Crippen molar-refractivity contribution in [1.82, 2.24) is 5.43 Å². The van der Waals surface area contributed by atoms with Crippen molar-refractivity contribution in [1.29, 1.82) is 0 Å². The van der Waals surface area contributed by atoms with Crippen molar-refractivity contribution < 1.29 is 9.47 Å². The van der Waals surface area contributed by atoms with Gasteiger partial charge in [0.25, 0.3) is 0 Å². The maximum absolute atomic E-state index is 5.66. The van der Waals surface area contributed by atoms with Gasteiger partial charge in [0.15, 0.2) is 0 Å². The summed E-state index contributed by atoms with van der Waals surface area (Å²) >= 11 is 1.87. The van der Waals surface area contributed by atoms with Crippen LogP contribution in [0.25, 0.3) is 0 Å². The fourth-order valence-corrected chi connectivity index (χ4v) is 2.74. The summed E-state index contributed by atoms with van der Waals surface area (Å²) in [7, 11) is 3.32. The minimum Gasteiger partial charge on any atom is -0.496 e. The van der Waals surface area contributed by atoms with Crippen molar-refractivity contribution in [2.45, 2.75) is 19.4 Å². The average molecular weight is 270 g/mol. The smallest absolute Gasteiger partial charge is 0.127 e. The van der Waals surface area contributed by atoms with Crippen LogP contribution in [0.15, 0.2) is 18.2 Å². The Kier molecular flexibility index (Phi) is 6.93. The van der Waals surface area contributed by atoms with Crippen molar-refractivity contribution in [3.63, 3.8) is 0 Å². The third-order valence-electron chi connectivity index (χ3n) is 2.65. The zero-order chi connectivity index (χ0) is 13.4. The van der Waals surface area contributed by atoms with Crippen molar-refractivity contribution in [3.05, 3.63) is 23.8 Å². The van der Waals surface area contributed by atoms with Crippen LogP contribution in [-0.2, 0) is 0 Å². The standard InChI is InChI=1S/C13H22N2O2S/c1-4-8-18-9-10(15-14)13-11(16-2)6-5-7-12(13)17-3/h5-7,10,15H,4,8-9,14H2,1-3H3. The van der Waals surface area contributed by atoms with E-state index in [4.69, 9.17) is 15.3 Å². The molecule has 0 aliphatic heterocycles. The number of hydrazine groups is 1. The van der Waals surface area contributed by atoms with Crippen LogP contribution in [0.4, 0.5) is 0 Å². The Labute approximate surface area is 113 Å². The Bertz CT molecular complexity index is 339. The molecule has 1 rings (SSSR count). The maximum Gasteiger partial charge on any atom is 0.127 e. The molecule has 0 aliphatic rings. The Morgan fingerprint density at radius 1 is 1.28 bits per heavy atom. The van der Waals surface area contributed by atoms with Crippen LogP contribution in [-0.4, -0.2) is 25.7 Å². The summed E-state index contributed by atoms with van der Waals surface area (Å²) in [4.78, 5) is 0. The van der Waals surface area contributed by atoms with Crippen LogP contribution in [0.3, 0.4) is 0 Å². The van der Waals surface area contributed by atoms with Crippen LogP contribution in [0, 0.1) is 0 Å². The zero-order valence-corrected chi connectivity index (χ0v) is 12.0. The van der Waals surface area contributed by atoms with Gasteiger partial charge in [-0.25, -0.2) is 0 Å². The summed E-state index contributed by atoms with van der Waals surface area (Å²) in [6, 6.07) is 5.78. The molecule has 1 unspecified atom stereocenters. The van der Waals surface area contributed by atoms with Crippen molar-refractivity contribution in [2.75, 3.05) is 25.7 Å². The van der Waals surface area contributed by atoms with E-state index < -0.39 is 0 Å². The first-order chi connectivity index (χ1) is 8.78. The lowest BCUT2D eigenvalue weighted by molar-refractivity contribution is 0.375. The predicted molar refractivity (Wildman–Crippen MR) is 77.2 cm³/mol. The van der Waals surface area contributed by atoms with Crippen LogP contribution < -0.4 is 20.7 Å². The van der Waals surface area contributed by atoms with E-state index in [1.807, 2.05) is 30.0 Å². The molecule has 1 atom stereocenters. The number of ether oxygens (including phenoxy) is 2. The first-order valence-electron chi connectivity index (χ1n) is 6.03. The summed E-state index contributed by atoms with van der Waals surface area (Å²) in [6.45, 7) is 2.17. The minimum absolute atomic E-state index is 0.0210.